The van der Waals surface area contributed by atoms with Crippen LogP contribution in [0.15, 0.2) is 18.2 Å². The van der Waals surface area contributed by atoms with Gasteiger partial charge in [0.1, 0.15) is 0 Å². The Morgan fingerprint density at radius 3 is 3.00 bits per heavy atom. The van der Waals surface area contributed by atoms with Crippen LogP contribution in [-0.4, -0.2) is 36.0 Å². The summed E-state index contributed by atoms with van der Waals surface area (Å²) in [6.07, 6.45) is 3.19. The molecular formula is C14H20FN3O2. The van der Waals surface area contributed by atoms with E-state index >= 15 is 0 Å². The fourth-order valence-corrected chi connectivity index (χ4v) is 2.67. The van der Waals surface area contributed by atoms with Gasteiger partial charge < -0.3 is 5.32 Å². The lowest BCUT2D eigenvalue weighted by Crippen LogP contribution is -2.32. The van der Waals surface area contributed by atoms with Crippen molar-refractivity contribution in [1.82, 2.24) is 10.2 Å². The van der Waals surface area contributed by atoms with Crippen molar-refractivity contribution in [1.29, 1.82) is 0 Å². The molecule has 0 aliphatic carbocycles. The van der Waals surface area contributed by atoms with E-state index in [4.69, 9.17) is 0 Å². The Bertz CT molecular complexity index is 473. The molecule has 1 heterocycles. The van der Waals surface area contributed by atoms with Gasteiger partial charge in [-0.05, 0) is 39.4 Å². The van der Waals surface area contributed by atoms with Crippen LogP contribution in [0.3, 0.4) is 0 Å². The molecule has 2 rings (SSSR count). The first kappa shape index (κ1) is 14.9. The van der Waals surface area contributed by atoms with E-state index in [1.807, 2.05) is 7.05 Å². The quantitative estimate of drug-likeness (QED) is 0.679. The number of benzene rings is 1. The van der Waals surface area contributed by atoms with Gasteiger partial charge in [0.05, 0.1) is 4.92 Å². The third-order valence-electron chi connectivity index (χ3n) is 3.84. The Hall–Kier alpha value is -1.53. The molecule has 1 N–H and O–H groups in total. The van der Waals surface area contributed by atoms with Gasteiger partial charge in [-0.3, -0.25) is 15.0 Å². The van der Waals surface area contributed by atoms with Crippen LogP contribution in [-0.2, 0) is 6.54 Å². The van der Waals surface area contributed by atoms with Gasteiger partial charge in [-0.1, -0.05) is 12.1 Å². The zero-order valence-corrected chi connectivity index (χ0v) is 11.6. The van der Waals surface area contributed by atoms with E-state index in [0.29, 0.717) is 18.2 Å². The highest BCUT2D eigenvalue weighted by Crippen LogP contribution is 2.22. The first-order valence-corrected chi connectivity index (χ1v) is 6.92. The van der Waals surface area contributed by atoms with Crippen LogP contribution < -0.4 is 5.32 Å². The fraction of sp³-hybridized carbons (Fsp3) is 0.571. The second-order valence-corrected chi connectivity index (χ2v) is 5.26. The van der Waals surface area contributed by atoms with Crippen LogP contribution in [0, 0.1) is 15.9 Å². The summed E-state index contributed by atoms with van der Waals surface area (Å²) in [6, 6.07) is 4.75. The number of rotatable bonds is 4. The summed E-state index contributed by atoms with van der Waals surface area (Å²) in [7, 11) is 1.95. The van der Waals surface area contributed by atoms with Crippen LogP contribution in [0.5, 0.6) is 0 Å². The molecule has 1 saturated heterocycles. The van der Waals surface area contributed by atoms with Gasteiger partial charge in [0.25, 0.3) is 0 Å². The summed E-state index contributed by atoms with van der Waals surface area (Å²) in [5.74, 6) is -0.712. The lowest BCUT2D eigenvalue weighted by atomic mass is 10.1. The molecule has 1 unspecified atom stereocenters. The molecule has 6 heteroatoms. The summed E-state index contributed by atoms with van der Waals surface area (Å²) < 4.78 is 14.1. The second-order valence-electron chi connectivity index (χ2n) is 5.26. The minimum Gasteiger partial charge on any atom is -0.317 e. The first-order chi connectivity index (χ1) is 9.59. The van der Waals surface area contributed by atoms with E-state index in [-0.39, 0.29) is 0 Å². The largest absolute Gasteiger partial charge is 0.317 e. The Labute approximate surface area is 117 Å². The average Bonchev–Trinajstić information content (AvgIpc) is 2.69. The van der Waals surface area contributed by atoms with E-state index in [1.165, 1.54) is 6.07 Å². The van der Waals surface area contributed by atoms with Crippen LogP contribution in [0.2, 0.25) is 0 Å². The molecule has 110 valence electrons. The van der Waals surface area contributed by atoms with Gasteiger partial charge in [0.15, 0.2) is 0 Å². The molecule has 0 amide bonds. The van der Waals surface area contributed by atoms with Crippen LogP contribution in [0.1, 0.15) is 24.8 Å². The zero-order valence-electron chi connectivity index (χ0n) is 11.6. The fourth-order valence-electron chi connectivity index (χ4n) is 2.67. The minimum absolute atomic E-state index is 0.388. The number of nitrogens with zero attached hydrogens (tertiary/aromatic N) is 2. The summed E-state index contributed by atoms with van der Waals surface area (Å²) in [5.41, 5.74) is -0.0580. The molecule has 1 fully saturated rings. The molecule has 1 aromatic rings. The molecular weight excluding hydrogens is 261 g/mol. The predicted octanol–water partition coefficient (Wildman–Crippen LogP) is 2.31. The second kappa shape index (κ2) is 6.76. The highest BCUT2D eigenvalue weighted by Gasteiger charge is 2.21. The maximum absolute atomic E-state index is 14.1. The topological polar surface area (TPSA) is 58.4 Å². The van der Waals surface area contributed by atoms with Gasteiger partial charge in [-0.2, -0.15) is 4.39 Å². The third kappa shape index (κ3) is 3.52. The average molecular weight is 281 g/mol. The summed E-state index contributed by atoms with van der Waals surface area (Å²) >= 11 is 0. The van der Waals surface area contributed by atoms with Crippen molar-refractivity contribution < 1.29 is 9.31 Å². The molecule has 5 nitrogen and oxygen atoms in total. The van der Waals surface area contributed by atoms with Gasteiger partial charge in [0.2, 0.25) is 5.82 Å². The predicted molar refractivity (Wildman–Crippen MR) is 75.0 cm³/mol. The lowest BCUT2D eigenvalue weighted by Gasteiger charge is -2.26. The Morgan fingerprint density at radius 2 is 2.25 bits per heavy atom. The highest BCUT2D eigenvalue weighted by molar-refractivity contribution is 5.36. The monoisotopic (exact) mass is 281 g/mol. The molecule has 0 saturated carbocycles. The molecule has 0 spiro atoms. The Balaban J connectivity index is 2.08. The van der Waals surface area contributed by atoms with Crippen LogP contribution >= 0.6 is 0 Å². The number of hydrogen-bond acceptors (Lipinski definition) is 4. The number of nitrogens with one attached hydrogen (secondary N) is 1. The number of hydrogen-bond donors (Lipinski definition) is 1. The van der Waals surface area contributed by atoms with E-state index in [2.05, 4.69) is 10.2 Å². The normalized spacial score (nSPS) is 19.9. The molecule has 0 aromatic heterocycles. The summed E-state index contributed by atoms with van der Waals surface area (Å²) in [5, 5.41) is 14.1. The van der Waals surface area contributed by atoms with Crippen LogP contribution in [0.4, 0.5) is 10.1 Å². The van der Waals surface area contributed by atoms with E-state index in [9.17, 15) is 14.5 Å². The molecule has 1 atom stereocenters. The summed E-state index contributed by atoms with van der Waals surface area (Å²) in [4.78, 5) is 12.2. The molecule has 0 radical (unpaired) electrons. The van der Waals surface area contributed by atoms with E-state index < -0.39 is 16.4 Å². The van der Waals surface area contributed by atoms with Crippen molar-refractivity contribution in [3.63, 3.8) is 0 Å². The van der Waals surface area contributed by atoms with Gasteiger partial charge in [-0.15, -0.1) is 0 Å². The Kier molecular flexibility index (Phi) is 5.03. The van der Waals surface area contributed by atoms with Crippen molar-refractivity contribution in [3.05, 3.63) is 39.7 Å². The van der Waals surface area contributed by atoms with Crippen LogP contribution in [0.25, 0.3) is 0 Å². The number of nitro benzene ring substituents is 1. The van der Waals surface area contributed by atoms with Crippen molar-refractivity contribution in [2.75, 3.05) is 20.1 Å². The van der Waals surface area contributed by atoms with Crippen molar-refractivity contribution in [2.24, 2.45) is 0 Å². The third-order valence-corrected chi connectivity index (χ3v) is 3.84. The lowest BCUT2D eigenvalue weighted by molar-refractivity contribution is -0.387. The SMILES string of the molecule is CN(Cc1cccc([N+](=O)[O-])c1F)C1CCCNCC1. The van der Waals surface area contributed by atoms with Crippen molar-refractivity contribution >= 4 is 5.69 Å². The van der Waals surface area contributed by atoms with Gasteiger partial charge >= 0.3 is 5.69 Å². The molecule has 0 bridgehead atoms. The van der Waals surface area contributed by atoms with E-state index in [1.54, 1.807) is 12.1 Å². The van der Waals surface area contributed by atoms with Gasteiger partial charge in [-0.25, -0.2) is 0 Å². The maximum atomic E-state index is 14.1. The highest BCUT2D eigenvalue weighted by atomic mass is 19.1. The summed E-state index contributed by atoms with van der Waals surface area (Å²) in [6.45, 7) is 2.39. The molecule has 20 heavy (non-hydrogen) atoms. The molecule has 1 aromatic carbocycles. The zero-order chi connectivity index (χ0) is 14.5. The molecule has 1 aliphatic rings. The van der Waals surface area contributed by atoms with Crippen molar-refractivity contribution in [3.8, 4) is 0 Å². The van der Waals surface area contributed by atoms with E-state index in [0.717, 1.165) is 32.4 Å². The van der Waals surface area contributed by atoms with Crippen molar-refractivity contribution in [2.45, 2.75) is 31.8 Å². The first-order valence-electron chi connectivity index (χ1n) is 6.92. The Morgan fingerprint density at radius 1 is 1.45 bits per heavy atom. The smallest absolute Gasteiger partial charge is 0.305 e. The van der Waals surface area contributed by atoms with Gasteiger partial charge in [0, 0.05) is 24.2 Å². The maximum Gasteiger partial charge on any atom is 0.305 e. The standard InChI is InChI=1S/C14H20FN3O2/c1-17(12-5-3-8-16-9-7-12)10-11-4-2-6-13(14(11)15)18(19)20/h2,4,6,12,16H,3,5,7-10H2,1H3. The minimum atomic E-state index is -0.712. The molecule has 1 aliphatic heterocycles. The number of halogens is 1. The number of nitro groups is 1.